The summed E-state index contributed by atoms with van der Waals surface area (Å²) < 4.78 is 13.6. The lowest BCUT2D eigenvalue weighted by atomic mass is 9.91. The van der Waals surface area contributed by atoms with Crippen LogP contribution >= 0.6 is 11.6 Å². The Labute approximate surface area is 111 Å². The highest BCUT2D eigenvalue weighted by molar-refractivity contribution is 6.30. The first-order chi connectivity index (χ1) is 8.58. The van der Waals surface area contributed by atoms with Gasteiger partial charge in [-0.25, -0.2) is 4.39 Å². The second kappa shape index (κ2) is 5.67. The average Bonchev–Trinajstić information content (AvgIpc) is 2.32. The van der Waals surface area contributed by atoms with Gasteiger partial charge in [-0.3, -0.25) is 4.79 Å². The van der Waals surface area contributed by atoms with Crippen LogP contribution in [0.15, 0.2) is 18.2 Å². The van der Waals surface area contributed by atoms with Crippen molar-refractivity contribution in [1.82, 2.24) is 5.32 Å². The van der Waals surface area contributed by atoms with Gasteiger partial charge in [0.15, 0.2) is 0 Å². The van der Waals surface area contributed by atoms with Gasteiger partial charge in [-0.2, -0.15) is 0 Å². The lowest BCUT2D eigenvalue weighted by Gasteiger charge is -2.29. The first-order valence-electron chi connectivity index (χ1n) is 6.09. The fourth-order valence-electron chi connectivity index (χ4n) is 2.26. The summed E-state index contributed by atoms with van der Waals surface area (Å²) in [6.45, 7) is 0. The summed E-state index contributed by atoms with van der Waals surface area (Å²) >= 11 is 5.64. The molecule has 0 bridgehead atoms. The summed E-state index contributed by atoms with van der Waals surface area (Å²) in [6.07, 6.45) is 3.88. The zero-order valence-electron chi connectivity index (χ0n) is 9.96. The number of halogens is 2. The highest BCUT2D eigenvalue weighted by Gasteiger charge is 2.24. The zero-order chi connectivity index (χ0) is 13.1. The number of nitrogens with two attached hydrogens (primary N) is 1. The molecular weight excluding hydrogens is 255 g/mol. The summed E-state index contributed by atoms with van der Waals surface area (Å²) in [7, 11) is 0. The molecular formula is C13H16ClFN2O. The van der Waals surface area contributed by atoms with E-state index in [9.17, 15) is 9.18 Å². The molecule has 1 aliphatic carbocycles. The van der Waals surface area contributed by atoms with E-state index in [0.717, 1.165) is 31.7 Å². The summed E-state index contributed by atoms with van der Waals surface area (Å²) in [5, 5.41) is 3.07. The number of carbonyl (C=O) groups excluding carboxylic acids is 1. The molecule has 0 spiro atoms. The van der Waals surface area contributed by atoms with Crippen molar-refractivity contribution in [2.45, 2.75) is 37.8 Å². The molecule has 0 radical (unpaired) electrons. The van der Waals surface area contributed by atoms with E-state index >= 15 is 0 Å². The fourth-order valence-corrected chi connectivity index (χ4v) is 2.42. The van der Waals surface area contributed by atoms with Crippen LogP contribution in [0, 0.1) is 5.82 Å². The number of hydrogen-bond donors (Lipinski definition) is 2. The van der Waals surface area contributed by atoms with Gasteiger partial charge in [0.25, 0.3) is 5.91 Å². The second-order valence-electron chi connectivity index (χ2n) is 4.65. The lowest BCUT2D eigenvalue weighted by molar-refractivity contribution is 0.0917. The number of amides is 1. The summed E-state index contributed by atoms with van der Waals surface area (Å²) in [6, 6.07) is 3.92. The maximum atomic E-state index is 13.6. The third-order valence-electron chi connectivity index (χ3n) is 3.31. The molecule has 0 saturated heterocycles. The van der Waals surface area contributed by atoms with E-state index in [1.54, 1.807) is 0 Å². The predicted molar refractivity (Wildman–Crippen MR) is 69.1 cm³/mol. The van der Waals surface area contributed by atoms with Crippen LogP contribution in [-0.4, -0.2) is 18.0 Å². The minimum absolute atomic E-state index is 0.0113. The summed E-state index contributed by atoms with van der Waals surface area (Å²) in [5.74, 6) is -1.03. The Morgan fingerprint density at radius 2 is 2.11 bits per heavy atom. The smallest absolute Gasteiger partial charge is 0.254 e. The molecule has 5 heteroatoms. The molecule has 18 heavy (non-hydrogen) atoms. The maximum absolute atomic E-state index is 13.6. The highest BCUT2D eigenvalue weighted by atomic mass is 35.5. The van der Waals surface area contributed by atoms with Crippen molar-refractivity contribution < 1.29 is 9.18 Å². The van der Waals surface area contributed by atoms with Gasteiger partial charge >= 0.3 is 0 Å². The van der Waals surface area contributed by atoms with Gasteiger partial charge in [-0.05, 0) is 31.0 Å². The molecule has 0 aliphatic heterocycles. The molecule has 0 aromatic heterocycles. The number of hydrogen-bond acceptors (Lipinski definition) is 2. The molecule has 1 saturated carbocycles. The first-order valence-corrected chi connectivity index (χ1v) is 6.47. The molecule has 1 fully saturated rings. The maximum Gasteiger partial charge on any atom is 0.254 e. The quantitative estimate of drug-likeness (QED) is 0.867. The van der Waals surface area contributed by atoms with E-state index in [4.69, 9.17) is 17.3 Å². The molecule has 2 atom stereocenters. The first kappa shape index (κ1) is 13.3. The van der Waals surface area contributed by atoms with Crippen molar-refractivity contribution in [2.75, 3.05) is 0 Å². The molecule has 3 N–H and O–H groups in total. The number of nitrogens with one attached hydrogen (secondary N) is 1. The topological polar surface area (TPSA) is 55.1 Å². The molecule has 1 aromatic rings. The van der Waals surface area contributed by atoms with Crippen molar-refractivity contribution in [3.8, 4) is 0 Å². The van der Waals surface area contributed by atoms with Crippen LogP contribution in [0.4, 0.5) is 4.39 Å². The van der Waals surface area contributed by atoms with E-state index < -0.39 is 11.7 Å². The Hall–Kier alpha value is -1.13. The fraction of sp³-hybridized carbons (Fsp3) is 0.462. The molecule has 0 unspecified atom stereocenters. The van der Waals surface area contributed by atoms with Crippen LogP contribution in [0.1, 0.15) is 36.0 Å². The number of rotatable bonds is 2. The third kappa shape index (κ3) is 3.00. The minimum atomic E-state index is -0.607. The largest absolute Gasteiger partial charge is 0.348 e. The third-order valence-corrected chi connectivity index (χ3v) is 3.55. The van der Waals surface area contributed by atoms with E-state index in [-0.39, 0.29) is 22.7 Å². The Balaban J connectivity index is 2.07. The van der Waals surface area contributed by atoms with Gasteiger partial charge in [0.1, 0.15) is 5.82 Å². The molecule has 98 valence electrons. The van der Waals surface area contributed by atoms with E-state index in [0.29, 0.717) is 0 Å². The van der Waals surface area contributed by atoms with Crippen molar-refractivity contribution in [3.63, 3.8) is 0 Å². The van der Waals surface area contributed by atoms with Gasteiger partial charge < -0.3 is 11.1 Å². The average molecular weight is 271 g/mol. The molecule has 2 rings (SSSR count). The standard InChI is InChI=1S/C13H16ClFN2O/c14-8-5-6-9(10(15)7-8)13(18)17-12-4-2-1-3-11(12)16/h5-7,11-12H,1-4,16H2,(H,17,18)/t11-,12-/m1/s1. The van der Waals surface area contributed by atoms with Gasteiger partial charge in [-0.1, -0.05) is 24.4 Å². The normalized spacial score (nSPS) is 23.7. The monoisotopic (exact) mass is 270 g/mol. The zero-order valence-corrected chi connectivity index (χ0v) is 10.7. The van der Waals surface area contributed by atoms with Crippen molar-refractivity contribution >= 4 is 17.5 Å². The van der Waals surface area contributed by atoms with E-state index in [1.807, 2.05) is 0 Å². The molecule has 1 amide bonds. The van der Waals surface area contributed by atoms with E-state index in [2.05, 4.69) is 5.32 Å². The Bertz CT molecular complexity index is 453. The van der Waals surface area contributed by atoms with Gasteiger partial charge in [0.05, 0.1) is 5.56 Å². The van der Waals surface area contributed by atoms with Crippen LogP contribution in [-0.2, 0) is 0 Å². The second-order valence-corrected chi connectivity index (χ2v) is 5.09. The molecule has 1 aliphatic rings. The van der Waals surface area contributed by atoms with Gasteiger partial charge in [0, 0.05) is 17.1 Å². The number of carbonyl (C=O) groups is 1. The highest BCUT2D eigenvalue weighted by Crippen LogP contribution is 2.19. The van der Waals surface area contributed by atoms with Gasteiger partial charge in [-0.15, -0.1) is 0 Å². The van der Waals surface area contributed by atoms with Crippen LogP contribution in [0.3, 0.4) is 0 Å². The van der Waals surface area contributed by atoms with Crippen molar-refractivity contribution in [2.24, 2.45) is 5.73 Å². The minimum Gasteiger partial charge on any atom is -0.348 e. The van der Waals surface area contributed by atoms with Gasteiger partial charge in [0.2, 0.25) is 0 Å². The molecule has 3 nitrogen and oxygen atoms in total. The Kier molecular flexibility index (Phi) is 4.19. The Morgan fingerprint density at radius 3 is 2.78 bits per heavy atom. The molecule has 1 aromatic carbocycles. The van der Waals surface area contributed by atoms with Crippen molar-refractivity contribution in [3.05, 3.63) is 34.6 Å². The Morgan fingerprint density at radius 1 is 1.39 bits per heavy atom. The summed E-state index contributed by atoms with van der Waals surface area (Å²) in [4.78, 5) is 11.9. The van der Waals surface area contributed by atoms with Crippen LogP contribution < -0.4 is 11.1 Å². The predicted octanol–water partition coefficient (Wildman–Crippen LogP) is 2.48. The summed E-state index contributed by atoms with van der Waals surface area (Å²) in [5.41, 5.74) is 5.95. The van der Waals surface area contributed by atoms with Crippen LogP contribution in [0.25, 0.3) is 0 Å². The molecule has 0 heterocycles. The van der Waals surface area contributed by atoms with Crippen LogP contribution in [0.2, 0.25) is 5.02 Å². The SMILES string of the molecule is N[C@@H]1CCCC[C@H]1NC(=O)c1ccc(Cl)cc1F. The lowest BCUT2D eigenvalue weighted by Crippen LogP contribution is -2.49. The van der Waals surface area contributed by atoms with Crippen LogP contribution in [0.5, 0.6) is 0 Å². The number of benzene rings is 1. The van der Waals surface area contributed by atoms with E-state index in [1.165, 1.54) is 12.1 Å². The van der Waals surface area contributed by atoms with Crippen molar-refractivity contribution in [1.29, 1.82) is 0 Å².